The van der Waals surface area contributed by atoms with Gasteiger partial charge >= 0.3 is 0 Å². The summed E-state index contributed by atoms with van der Waals surface area (Å²) in [6.45, 7) is 0.401. The molecule has 1 amide bonds. The number of aryl methyl sites for hydroxylation is 1. The minimum atomic E-state index is -0.0999. The molecule has 1 aromatic heterocycles. The monoisotopic (exact) mass is 258 g/mol. The Bertz CT molecular complexity index is 387. The molecule has 14 heavy (non-hydrogen) atoms. The number of pyridine rings is 1. The van der Waals surface area contributed by atoms with Gasteiger partial charge in [0.15, 0.2) is 0 Å². The minimum absolute atomic E-state index is 0.0723. The highest BCUT2D eigenvalue weighted by molar-refractivity contribution is 9.10. The molecule has 0 bridgehead atoms. The largest absolute Gasteiger partial charge is 0.359 e. The van der Waals surface area contributed by atoms with Gasteiger partial charge in [-0.15, -0.1) is 0 Å². The van der Waals surface area contributed by atoms with E-state index in [1.54, 1.807) is 19.3 Å². The van der Waals surface area contributed by atoms with Crippen molar-refractivity contribution in [1.82, 2.24) is 9.88 Å². The van der Waals surface area contributed by atoms with Gasteiger partial charge in [-0.3, -0.25) is 9.59 Å². The number of nitrogens with zero attached hydrogens (tertiary/aromatic N) is 1. The maximum Gasteiger partial charge on any atom is 0.250 e. The van der Waals surface area contributed by atoms with Crippen molar-refractivity contribution in [2.24, 2.45) is 0 Å². The average Bonchev–Trinajstić information content (AvgIpc) is 2.19. The molecule has 0 aromatic carbocycles. The summed E-state index contributed by atoms with van der Waals surface area (Å²) in [7, 11) is 1.58. The maximum absolute atomic E-state index is 11.3. The van der Waals surface area contributed by atoms with Gasteiger partial charge in [-0.05, 0) is 22.0 Å². The quantitative estimate of drug-likeness (QED) is 0.870. The Labute approximate surface area is 90.1 Å². The van der Waals surface area contributed by atoms with E-state index in [9.17, 15) is 9.59 Å². The third kappa shape index (κ3) is 2.99. The lowest BCUT2D eigenvalue weighted by Gasteiger charge is -2.04. The molecule has 0 atom stereocenters. The van der Waals surface area contributed by atoms with Crippen LogP contribution in [0.3, 0.4) is 0 Å². The number of hydrogen-bond acceptors (Lipinski definition) is 2. The predicted octanol–water partition coefficient (Wildman–Crippen LogP) is 0.747. The van der Waals surface area contributed by atoms with Crippen LogP contribution < -0.4 is 10.9 Å². The molecule has 0 aliphatic rings. The number of carbonyl (C=O) groups is 1. The minimum Gasteiger partial charge on any atom is -0.359 e. The van der Waals surface area contributed by atoms with Crippen LogP contribution in [0.1, 0.15) is 6.42 Å². The van der Waals surface area contributed by atoms with Gasteiger partial charge in [-0.1, -0.05) is 0 Å². The maximum atomic E-state index is 11.3. The van der Waals surface area contributed by atoms with E-state index in [1.165, 1.54) is 10.6 Å². The van der Waals surface area contributed by atoms with E-state index in [2.05, 4.69) is 21.2 Å². The fourth-order valence-electron chi connectivity index (χ4n) is 1.02. The van der Waals surface area contributed by atoms with Gasteiger partial charge in [0.2, 0.25) is 5.91 Å². The van der Waals surface area contributed by atoms with Crippen molar-refractivity contribution in [3.05, 3.63) is 33.2 Å². The first-order valence-corrected chi connectivity index (χ1v) is 4.99. The second kappa shape index (κ2) is 4.95. The van der Waals surface area contributed by atoms with Crippen LogP contribution >= 0.6 is 15.9 Å². The number of hydrogen-bond donors (Lipinski definition) is 1. The summed E-state index contributed by atoms with van der Waals surface area (Å²) in [5, 5.41) is 2.50. The zero-order chi connectivity index (χ0) is 10.6. The van der Waals surface area contributed by atoms with E-state index >= 15 is 0 Å². The summed E-state index contributed by atoms with van der Waals surface area (Å²) in [5.74, 6) is -0.0723. The average molecular weight is 259 g/mol. The van der Waals surface area contributed by atoms with Crippen molar-refractivity contribution in [3.63, 3.8) is 0 Å². The van der Waals surface area contributed by atoms with Crippen LogP contribution in [0, 0.1) is 0 Å². The van der Waals surface area contributed by atoms with E-state index in [0.717, 1.165) is 4.47 Å². The highest BCUT2D eigenvalue weighted by Crippen LogP contribution is 2.04. The van der Waals surface area contributed by atoms with Crippen LogP contribution in [0.25, 0.3) is 0 Å². The third-order valence-corrected chi connectivity index (χ3v) is 2.28. The summed E-state index contributed by atoms with van der Waals surface area (Å²) < 4.78 is 2.33. The summed E-state index contributed by atoms with van der Waals surface area (Å²) in [6, 6.07) is 3.15. The molecule has 0 unspecified atom stereocenters. The summed E-state index contributed by atoms with van der Waals surface area (Å²) in [6.07, 6.45) is 1.98. The van der Waals surface area contributed by atoms with Crippen LogP contribution in [-0.4, -0.2) is 17.5 Å². The van der Waals surface area contributed by atoms with Crippen molar-refractivity contribution < 1.29 is 4.79 Å². The number of amides is 1. The third-order valence-electron chi connectivity index (χ3n) is 1.81. The lowest BCUT2D eigenvalue weighted by Crippen LogP contribution is -2.24. The van der Waals surface area contributed by atoms with Crippen molar-refractivity contribution in [2.75, 3.05) is 7.05 Å². The molecule has 4 nitrogen and oxygen atoms in total. The number of aromatic nitrogens is 1. The van der Waals surface area contributed by atoms with E-state index in [0.29, 0.717) is 13.0 Å². The van der Waals surface area contributed by atoms with Gasteiger partial charge in [-0.2, -0.15) is 0 Å². The molecule has 0 saturated carbocycles. The molecule has 1 aromatic rings. The van der Waals surface area contributed by atoms with Gasteiger partial charge < -0.3 is 9.88 Å². The van der Waals surface area contributed by atoms with E-state index in [-0.39, 0.29) is 11.5 Å². The van der Waals surface area contributed by atoms with Gasteiger partial charge in [0.25, 0.3) is 5.56 Å². The number of carbonyl (C=O) groups excluding carboxylic acids is 1. The molecule has 0 radical (unpaired) electrons. The molecule has 0 aliphatic carbocycles. The van der Waals surface area contributed by atoms with Gasteiger partial charge in [0, 0.05) is 36.7 Å². The van der Waals surface area contributed by atoms with Crippen LogP contribution in [0.2, 0.25) is 0 Å². The van der Waals surface area contributed by atoms with Crippen LogP contribution in [0.15, 0.2) is 27.6 Å². The molecular weight excluding hydrogens is 248 g/mol. The molecule has 0 saturated heterocycles. The number of halogens is 1. The normalized spacial score (nSPS) is 9.86. The highest BCUT2D eigenvalue weighted by Gasteiger charge is 2.00. The Morgan fingerprint density at radius 3 is 2.93 bits per heavy atom. The lowest BCUT2D eigenvalue weighted by atomic mass is 10.4. The number of nitrogens with one attached hydrogen (secondary N) is 1. The molecule has 0 aliphatic heterocycles. The van der Waals surface area contributed by atoms with Crippen molar-refractivity contribution in [1.29, 1.82) is 0 Å². The summed E-state index contributed by atoms with van der Waals surface area (Å²) in [5.41, 5.74) is -0.0999. The Balaban J connectivity index is 2.71. The highest BCUT2D eigenvalue weighted by atomic mass is 79.9. The molecule has 5 heteroatoms. The lowest BCUT2D eigenvalue weighted by molar-refractivity contribution is -0.120. The molecular formula is C9H11BrN2O2. The van der Waals surface area contributed by atoms with Crippen molar-refractivity contribution in [3.8, 4) is 0 Å². The topological polar surface area (TPSA) is 51.1 Å². The predicted molar refractivity (Wildman–Crippen MR) is 57.1 cm³/mol. The second-order valence-corrected chi connectivity index (χ2v) is 3.72. The van der Waals surface area contributed by atoms with Gasteiger partial charge in [0.05, 0.1) is 0 Å². The molecule has 1 rings (SSSR count). The Morgan fingerprint density at radius 1 is 1.57 bits per heavy atom. The van der Waals surface area contributed by atoms with Crippen LogP contribution in [0.4, 0.5) is 0 Å². The van der Waals surface area contributed by atoms with Crippen LogP contribution in [-0.2, 0) is 11.3 Å². The fraction of sp³-hybridized carbons (Fsp3) is 0.333. The molecule has 1 N–H and O–H groups in total. The first-order valence-electron chi connectivity index (χ1n) is 4.20. The summed E-state index contributed by atoms with van der Waals surface area (Å²) >= 11 is 3.26. The van der Waals surface area contributed by atoms with Gasteiger partial charge in [-0.25, -0.2) is 0 Å². The Hall–Kier alpha value is -1.10. The Kier molecular flexibility index (Phi) is 3.88. The first-order chi connectivity index (χ1) is 6.63. The first kappa shape index (κ1) is 11.0. The molecule has 0 spiro atoms. The SMILES string of the molecule is CNC(=O)CCn1cc(Br)ccc1=O. The van der Waals surface area contributed by atoms with Crippen molar-refractivity contribution >= 4 is 21.8 Å². The smallest absolute Gasteiger partial charge is 0.250 e. The molecule has 76 valence electrons. The zero-order valence-electron chi connectivity index (χ0n) is 7.79. The Morgan fingerprint density at radius 2 is 2.29 bits per heavy atom. The van der Waals surface area contributed by atoms with Crippen LogP contribution in [0.5, 0.6) is 0 Å². The number of rotatable bonds is 3. The second-order valence-electron chi connectivity index (χ2n) is 2.80. The summed E-state index contributed by atoms with van der Waals surface area (Å²) in [4.78, 5) is 22.2. The fourth-order valence-corrected chi connectivity index (χ4v) is 1.40. The van der Waals surface area contributed by atoms with E-state index in [1.807, 2.05) is 0 Å². The standard InChI is InChI=1S/C9H11BrN2O2/c1-11-8(13)4-5-12-6-7(10)2-3-9(12)14/h2-3,6H,4-5H2,1H3,(H,11,13). The van der Waals surface area contributed by atoms with E-state index in [4.69, 9.17) is 0 Å². The molecule has 0 fully saturated rings. The van der Waals surface area contributed by atoms with E-state index < -0.39 is 0 Å². The molecule has 1 heterocycles. The zero-order valence-corrected chi connectivity index (χ0v) is 9.37. The van der Waals surface area contributed by atoms with Crippen molar-refractivity contribution in [2.45, 2.75) is 13.0 Å². The van der Waals surface area contributed by atoms with Gasteiger partial charge in [0.1, 0.15) is 0 Å².